The van der Waals surface area contributed by atoms with Crippen LogP contribution in [0.5, 0.6) is 0 Å². The third-order valence-corrected chi connectivity index (χ3v) is 8.93. The molecule has 34 heavy (non-hydrogen) atoms. The van der Waals surface area contributed by atoms with Crippen LogP contribution < -0.4 is 10.6 Å². The molecule has 3 aliphatic heterocycles. The van der Waals surface area contributed by atoms with Crippen LogP contribution in [-0.2, 0) is 22.5 Å². The van der Waals surface area contributed by atoms with Crippen LogP contribution in [0.1, 0.15) is 79.3 Å². The van der Waals surface area contributed by atoms with Gasteiger partial charge in [0.25, 0.3) is 5.91 Å². The fourth-order valence-electron chi connectivity index (χ4n) is 6.83. The standard InChI is InChI=1S/C27H34FN3O3/c1-16-5-8-22(25(32)29-16)31-15-20-19(26(31)33)7-6-17(24(20)28)12-23-21(4-2-11-34-23)30-18-13-27(14-18)9-3-10-27/h6-7,18,21-23,30H,1-5,8-15H2,(H,29,32)/t21-,22?,23+/m0/s1. The number of carbonyl (C=O) groups is 2. The lowest BCUT2D eigenvalue weighted by atomic mass is 9.54. The first-order valence-electron chi connectivity index (χ1n) is 12.9. The van der Waals surface area contributed by atoms with Gasteiger partial charge in [-0.25, -0.2) is 4.39 Å². The first-order chi connectivity index (χ1) is 16.4. The Hall–Kier alpha value is -2.25. The summed E-state index contributed by atoms with van der Waals surface area (Å²) in [5.74, 6) is -0.822. The zero-order valence-electron chi connectivity index (χ0n) is 19.7. The molecule has 1 unspecified atom stereocenters. The monoisotopic (exact) mass is 467 g/mol. The van der Waals surface area contributed by atoms with Gasteiger partial charge in [-0.15, -0.1) is 0 Å². The van der Waals surface area contributed by atoms with E-state index >= 15 is 4.39 Å². The Morgan fingerprint density at radius 3 is 2.76 bits per heavy atom. The summed E-state index contributed by atoms with van der Waals surface area (Å²) in [6.07, 6.45) is 10.3. The van der Waals surface area contributed by atoms with Gasteiger partial charge in [-0.2, -0.15) is 0 Å². The summed E-state index contributed by atoms with van der Waals surface area (Å²) in [5, 5.41) is 6.56. The lowest BCUT2D eigenvalue weighted by Crippen LogP contribution is -2.58. The number of piperidine rings is 1. The molecule has 5 aliphatic rings. The molecule has 3 heterocycles. The van der Waals surface area contributed by atoms with Crippen LogP contribution >= 0.6 is 0 Å². The normalized spacial score (nSPS) is 30.7. The number of fused-ring (bicyclic) bond motifs is 1. The fourth-order valence-corrected chi connectivity index (χ4v) is 6.83. The van der Waals surface area contributed by atoms with E-state index < -0.39 is 6.04 Å². The van der Waals surface area contributed by atoms with Gasteiger partial charge in [-0.1, -0.05) is 19.1 Å². The number of nitrogens with zero attached hydrogens (tertiary/aromatic N) is 1. The molecule has 182 valence electrons. The quantitative estimate of drug-likeness (QED) is 0.695. The minimum atomic E-state index is -0.579. The minimum Gasteiger partial charge on any atom is -0.376 e. The van der Waals surface area contributed by atoms with E-state index in [1.165, 1.54) is 37.0 Å². The van der Waals surface area contributed by atoms with Crippen LogP contribution in [0, 0.1) is 11.2 Å². The smallest absolute Gasteiger partial charge is 0.255 e. The molecule has 3 atom stereocenters. The summed E-state index contributed by atoms with van der Waals surface area (Å²) < 4.78 is 21.8. The van der Waals surface area contributed by atoms with E-state index in [2.05, 4.69) is 17.2 Å². The Bertz CT molecular complexity index is 1030. The van der Waals surface area contributed by atoms with Crippen LogP contribution in [0.15, 0.2) is 24.4 Å². The lowest BCUT2D eigenvalue weighted by molar-refractivity contribution is -0.126. The molecule has 1 aromatic carbocycles. The van der Waals surface area contributed by atoms with E-state index in [0.717, 1.165) is 12.8 Å². The molecule has 2 aliphatic carbocycles. The second-order valence-corrected chi connectivity index (χ2v) is 11.1. The van der Waals surface area contributed by atoms with Gasteiger partial charge < -0.3 is 20.3 Å². The van der Waals surface area contributed by atoms with Gasteiger partial charge in [0.15, 0.2) is 0 Å². The number of benzene rings is 1. The zero-order valence-corrected chi connectivity index (χ0v) is 19.7. The summed E-state index contributed by atoms with van der Waals surface area (Å²) in [6.45, 7) is 4.64. The van der Waals surface area contributed by atoms with Crippen molar-refractivity contribution >= 4 is 11.8 Å². The number of hydrogen-bond donors (Lipinski definition) is 2. The molecule has 0 aromatic heterocycles. The van der Waals surface area contributed by atoms with E-state index in [0.29, 0.717) is 59.7 Å². The average Bonchev–Trinajstić information content (AvgIpc) is 3.09. The molecule has 2 amide bonds. The Morgan fingerprint density at radius 2 is 2.03 bits per heavy atom. The van der Waals surface area contributed by atoms with Crippen molar-refractivity contribution in [3.8, 4) is 0 Å². The lowest BCUT2D eigenvalue weighted by Gasteiger charge is -2.55. The topological polar surface area (TPSA) is 70.7 Å². The summed E-state index contributed by atoms with van der Waals surface area (Å²) >= 11 is 0. The van der Waals surface area contributed by atoms with Gasteiger partial charge in [0.1, 0.15) is 11.9 Å². The van der Waals surface area contributed by atoms with Crippen molar-refractivity contribution in [2.75, 3.05) is 6.61 Å². The maximum Gasteiger partial charge on any atom is 0.255 e. The highest BCUT2D eigenvalue weighted by atomic mass is 19.1. The predicted molar refractivity (Wildman–Crippen MR) is 125 cm³/mol. The fraction of sp³-hybridized carbons (Fsp3) is 0.630. The van der Waals surface area contributed by atoms with Gasteiger partial charge in [-0.05, 0) is 68.4 Å². The Labute approximate surface area is 200 Å². The number of halogens is 1. The third kappa shape index (κ3) is 3.77. The molecule has 2 saturated heterocycles. The number of nitrogens with one attached hydrogen (secondary N) is 2. The highest BCUT2D eigenvalue weighted by Gasteiger charge is 2.49. The largest absolute Gasteiger partial charge is 0.376 e. The van der Waals surface area contributed by atoms with Crippen molar-refractivity contribution in [3.05, 3.63) is 46.9 Å². The van der Waals surface area contributed by atoms with Crippen molar-refractivity contribution in [1.82, 2.24) is 15.5 Å². The van der Waals surface area contributed by atoms with Crippen molar-refractivity contribution in [2.45, 2.75) is 95.0 Å². The van der Waals surface area contributed by atoms with Crippen molar-refractivity contribution in [3.63, 3.8) is 0 Å². The number of carbonyl (C=O) groups excluding carboxylic acids is 2. The average molecular weight is 468 g/mol. The SMILES string of the molecule is C=C1CCC(N2Cc3c(ccc(C[C@H]4OCCC[C@@H]4NC4CC5(CCC5)C4)c3F)C2=O)C(=O)N1. The Balaban J connectivity index is 1.15. The molecule has 0 radical (unpaired) electrons. The molecule has 7 heteroatoms. The second kappa shape index (κ2) is 8.45. The van der Waals surface area contributed by atoms with Crippen LogP contribution in [-0.4, -0.2) is 47.6 Å². The molecule has 2 N–H and O–H groups in total. The molecule has 1 spiro atoms. The van der Waals surface area contributed by atoms with E-state index in [4.69, 9.17) is 4.74 Å². The number of ether oxygens (including phenoxy) is 1. The number of hydrogen-bond acceptors (Lipinski definition) is 4. The van der Waals surface area contributed by atoms with Crippen molar-refractivity contribution in [2.24, 2.45) is 5.41 Å². The summed E-state index contributed by atoms with van der Waals surface area (Å²) in [7, 11) is 0. The van der Waals surface area contributed by atoms with Crippen LogP contribution in [0.2, 0.25) is 0 Å². The number of rotatable bonds is 5. The second-order valence-electron chi connectivity index (χ2n) is 11.1. The van der Waals surface area contributed by atoms with Gasteiger partial charge in [-0.3, -0.25) is 9.59 Å². The molecule has 0 bridgehead atoms. The predicted octanol–water partition coefficient (Wildman–Crippen LogP) is 3.59. The highest BCUT2D eigenvalue weighted by Crippen LogP contribution is 2.56. The number of allylic oxidation sites excluding steroid dienone is 1. The van der Waals surface area contributed by atoms with E-state index in [1.807, 2.05) is 0 Å². The summed E-state index contributed by atoms with van der Waals surface area (Å²) in [4.78, 5) is 26.9. The molecule has 4 fully saturated rings. The van der Waals surface area contributed by atoms with Crippen LogP contribution in [0.25, 0.3) is 0 Å². The van der Waals surface area contributed by atoms with Gasteiger partial charge in [0, 0.05) is 41.9 Å². The van der Waals surface area contributed by atoms with Crippen LogP contribution in [0.3, 0.4) is 0 Å². The summed E-state index contributed by atoms with van der Waals surface area (Å²) in [6, 6.07) is 3.68. The van der Waals surface area contributed by atoms with Crippen molar-refractivity contribution < 1.29 is 18.7 Å². The molecular formula is C27H34FN3O3. The molecule has 6 rings (SSSR count). The Kier molecular flexibility index (Phi) is 5.52. The van der Waals surface area contributed by atoms with Crippen molar-refractivity contribution in [1.29, 1.82) is 0 Å². The Morgan fingerprint density at radius 1 is 1.21 bits per heavy atom. The van der Waals surface area contributed by atoms with Crippen LogP contribution in [0.4, 0.5) is 4.39 Å². The highest BCUT2D eigenvalue weighted by molar-refractivity contribution is 6.01. The van der Waals surface area contributed by atoms with E-state index in [-0.39, 0.29) is 36.3 Å². The first kappa shape index (κ1) is 22.2. The van der Waals surface area contributed by atoms with Gasteiger partial charge in [0.05, 0.1) is 12.6 Å². The molecule has 1 aromatic rings. The van der Waals surface area contributed by atoms with Gasteiger partial charge >= 0.3 is 0 Å². The third-order valence-electron chi connectivity index (χ3n) is 8.93. The minimum absolute atomic E-state index is 0.0671. The van der Waals surface area contributed by atoms with E-state index in [9.17, 15) is 9.59 Å². The molecular weight excluding hydrogens is 433 g/mol. The van der Waals surface area contributed by atoms with E-state index in [1.54, 1.807) is 12.1 Å². The maximum absolute atomic E-state index is 15.7. The van der Waals surface area contributed by atoms with Gasteiger partial charge in [0.2, 0.25) is 5.91 Å². The maximum atomic E-state index is 15.7. The zero-order chi connectivity index (χ0) is 23.4. The summed E-state index contributed by atoms with van der Waals surface area (Å²) in [5.41, 5.74) is 2.66. The molecule has 6 nitrogen and oxygen atoms in total. The first-order valence-corrected chi connectivity index (χ1v) is 12.9. The molecule has 2 saturated carbocycles. The number of amides is 2.